The number of halogens is 3. The first-order chi connectivity index (χ1) is 21.9. The van der Waals surface area contributed by atoms with Gasteiger partial charge in [0, 0.05) is 24.5 Å². The molecule has 0 heterocycles. The summed E-state index contributed by atoms with van der Waals surface area (Å²) in [5.74, 6) is -0.786. The molecule has 4 aromatic carbocycles. The molecule has 0 aliphatic carbocycles. The van der Waals surface area contributed by atoms with Crippen LogP contribution in [-0.2, 0) is 32.6 Å². The molecule has 0 aromatic heterocycles. The van der Waals surface area contributed by atoms with Gasteiger partial charge in [0.25, 0.3) is 10.0 Å². The van der Waals surface area contributed by atoms with Crippen molar-refractivity contribution < 1.29 is 18.0 Å². The lowest BCUT2D eigenvalue weighted by atomic mass is 10.0. The molecule has 2 amide bonds. The quantitative estimate of drug-likeness (QED) is 0.156. The molecule has 0 radical (unpaired) electrons. The number of nitrogens with one attached hydrogen (secondary N) is 1. The van der Waals surface area contributed by atoms with Gasteiger partial charge in [-0.25, -0.2) is 8.42 Å². The second-order valence-electron chi connectivity index (χ2n) is 11.3. The number of sulfonamides is 1. The van der Waals surface area contributed by atoms with E-state index >= 15 is 0 Å². The minimum Gasteiger partial charge on any atom is -0.354 e. The Morgan fingerprint density at radius 3 is 2.07 bits per heavy atom. The van der Waals surface area contributed by atoms with E-state index in [0.717, 1.165) is 9.87 Å². The first kappa shape index (κ1) is 35.3. The molecule has 7 nitrogen and oxygen atoms in total. The lowest BCUT2D eigenvalue weighted by Crippen LogP contribution is -2.53. The van der Waals surface area contributed by atoms with E-state index in [4.69, 9.17) is 34.8 Å². The predicted octanol–water partition coefficient (Wildman–Crippen LogP) is 7.56. The molecule has 4 aromatic rings. The fraction of sp³-hybridized carbons (Fsp3) is 0.257. The van der Waals surface area contributed by atoms with Crippen LogP contribution in [0.25, 0.3) is 0 Å². The zero-order chi connectivity index (χ0) is 33.4. The second-order valence-corrected chi connectivity index (χ2v) is 14.4. The van der Waals surface area contributed by atoms with E-state index in [-0.39, 0.29) is 35.4 Å². The molecule has 1 atom stereocenters. The van der Waals surface area contributed by atoms with Crippen LogP contribution in [0.4, 0.5) is 5.69 Å². The van der Waals surface area contributed by atoms with Crippen LogP contribution in [0, 0.1) is 12.8 Å². The van der Waals surface area contributed by atoms with Crippen molar-refractivity contribution in [2.24, 2.45) is 5.92 Å². The summed E-state index contributed by atoms with van der Waals surface area (Å²) in [7, 11) is -4.25. The fourth-order valence-corrected chi connectivity index (χ4v) is 6.89. The Balaban J connectivity index is 1.84. The zero-order valence-corrected chi connectivity index (χ0v) is 28.9. The van der Waals surface area contributed by atoms with Crippen molar-refractivity contribution in [1.82, 2.24) is 10.2 Å². The summed E-state index contributed by atoms with van der Waals surface area (Å²) in [6.07, 6.45) is 0.194. The maximum atomic E-state index is 14.6. The number of carbonyl (C=O) groups is 2. The summed E-state index contributed by atoms with van der Waals surface area (Å²) >= 11 is 19.0. The van der Waals surface area contributed by atoms with Gasteiger partial charge in [0.15, 0.2) is 0 Å². The summed E-state index contributed by atoms with van der Waals surface area (Å²) < 4.78 is 29.4. The normalized spacial score (nSPS) is 12.1. The van der Waals surface area contributed by atoms with Crippen molar-refractivity contribution in [3.8, 4) is 0 Å². The van der Waals surface area contributed by atoms with Crippen molar-refractivity contribution >= 4 is 62.3 Å². The summed E-state index contributed by atoms with van der Waals surface area (Å²) in [4.78, 5) is 29.9. The van der Waals surface area contributed by atoms with Gasteiger partial charge >= 0.3 is 0 Å². The third-order valence-corrected chi connectivity index (χ3v) is 10.3. The van der Waals surface area contributed by atoms with Gasteiger partial charge < -0.3 is 10.2 Å². The number of hydrogen-bond donors (Lipinski definition) is 1. The van der Waals surface area contributed by atoms with E-state index in [1.54, 1.807) is 61.5 Å². The summed E-state index contributed by atoms with van der Waals surface area (Å²) in [6, 6.07) is 26.1. The minimum atomic E-state index is -4.25. The molecule has 0 unspecified atom stereocenters. The standard InChI is InChI=1S/C35H36Cl3N3O4S/c1-24(2)21-39-35(43)33(20-26-11-6-4-7-12-26)40(22-27-17-18-30(37)31(38)19-27)34(42)23-41(32-16-10-15-29(36)25(32)3)46(44,45)28-13-8-5-9-14-28/h4-19,24,33H,20-23H2,1-3H3,(H,39,43)/t33-/m1/s1. The summed E-state index contributed by atoms with van der Waals surface area (Å²) in [6.45, 7) is 5.42. The molecule has 0 fully saturated rings. The van der Waals surface area contributed by atoms with Gasteiger partial charge in [-0.05, 0) is 65.9 Å². The number of amides is 2. The lowest BCUT2D eigenvalue weighted by Gasteiger charge is -2.34. The molecule has 46 heavy (non-hydrogen) atoms. The highest BCUT2D eigenvalue weighted by Gasteiger charge is 2.35. The highest BCUT2D eigenvalue weighted by molar-refractivity contribution is 7.92. The maximum absolute atomic E-state index is 14.6. The lowest BCUT2D eigenvalue weighted by molar-refractivity contribution is -0.140. The van der Waals surface area contributed by atoms with Crippen LogP contribution in [0.15, 0.2) is 102 Å². The Kier molecular flexibility index (Phi) is 12.1. The fourth-order valence-electron chi connectivity index (χ4n) is 4.91. The van der Waals surface area contributed by atoms with E-state index in [9.17, 15) is 18.0 Å². The first-order valence-electron chi connectivity index (χ1n) is 14.8. The number of rotatable bonds is 13. The molecule has 0 spiro atoms. The summed E-state index contributed by atoms with van der Waals surface area (Å²) in [5, 5.41) is 3.95. The maximum Gasteiger partial charge on any atom is 0.264 e. The Labute approximate surface area is 286 Å². The Morgan fingerprint density at radius 2 is 1.43 bits per heavy atom. The van der Waals surface area contributed by atoms with Crippen LogP contribution in [0.1, 0.15) is 30.5 Å². The SMILES string of the molecule is Cc1c(Cl)cccc1N(CC(=O)N(Cc1ccc(Cl)c(Cl)c1)[C@H](Cc1ccccc1)C(=O)NCC(C)C)S(=O)(=O)c1ccccc1. The number of hydrogen-bond acceptors (Lipinski definition) is 4. The number of benzene rings is 4. The molecular weight excluding hydrogens is 665 g/mol. The third kappa shape index (κ3) is 8.82. The average Bonchev–Trinajstić information content (AvgIpc) is 3.04. The van der Waals surface area contributed by atoms with Crippen molar-refractivity contribution in [2.45, 2.75) is 44.7 Å². The van der Waals surface area contributed by atoms with Gasteiger partial charge in [0.2, 0.25) is 11.8 Å². The Bertz CT molecular complexity index is 1770. The highest BCUT2D eigenvalue weighted by Crippen LogP contribution is 2.32. The van der Waals surface area contributed by atoms with Crippen molar-refractivity contribution in [1.29, 1.82) is 0 Å². The summed E-state index contributed by atoms with van der Waals surface area (Å²) in [5.41, 5.74) is 2.19. The van der Waals surface area contributed by atoms with Crippen LogP contribution < -0.4 is 9.62 Å². The molecule has 0 saturated heterocycles. The highest BCUT2D eigenvalue weighted by atomic mass is 35.5. The molecule has 0 aliphatic rings. The molecule has 1 N–H and O–H groups in total. The average molecular weight is 701 g/mol. The topological polar surface area (TPSA) is 86.8 Å². The van der Waals surface area contributed by atoms with Gasteiger partial charge in [-0.3, -0.25) is 13.9 Å². The molecule has 0 aliphatic heterocycles. The number of anilines is 1. The van der Waals surface area contributed by atoms with E-state index in [1.165, 1.54) is 17.0 Å². The van der Waals surface area contributed by atoms with Crippen LogP contribution in [0.5, 0.6) is 0 Å². The van der Waals surface area contributed by atoms with Crippen LogP contribution in [0.3, 0.4) is 0 Å². The number of nitrogens with zero attached hydrogens (tertiary/aromatic N) is 2. The van der Waals surface area contributed by atoms with Gasteiger partial charge in [0.05, 0.1) is 20.6 Å². The molecule has 11 heteroatoms. The van der Waals surface area contributed by atoms with Crippen molar-refractivity contribution in [3.63, 3.8) is 0 Å². The van der Waals surface area contributed by atoms with E-state index in [2.05, 4.69) is 5.32 Å². The van der Waals surface area contributed by atoms with Gasteiger partial charge in [0.1, 0.15) is 12.6 Å². The Morgan fingerprint density at radius 1 is 0.783 bits per heavy atom. The third-order valence-electron chi connectivity index (χ3n) is 7.41. The van der Waals surface area contributed by atoms with E-state index in [1.807, 2.05) is 44.2 Å². The minimum absolute atomic E-state index is 0.00807. The first-order valence-corrected chi connectivity index (χ1v) is 17.3. The van der Waals surface area contributed by atoms with Crippen molar-refractivity contribution in [2.75, 3.05) is 17.4 Å². The number of carbonyl (C=O) groups excluding carboxylic acids is 2. The van der Waals surface area contributed by atoms with Crippen LogP contribution >= 0.6 is 34.8 Å². The van der Waals surface area contributed by atoms with Crippen molar-refractivity contribution in [3.05, 3.63) is 129 Å². The second kappa shape index (κ2) is 15.8. The molecular formula is C35H36Cl3N3O4S. The van der Waals surface area contributed by atoms with Gasteiger partial charge in [-0.15, -0.1) is 0 Å². The molecule has 0 bridgehead atoms. The predicted molar refractivity (Wildman–Crippen MR) is 186 cm³/mol. The van der Waals surface area contributed by atoms with Crippen LogP contribution in [-0.4, -0.2) is 44.3 Å². The monoisotopic (exact) mass is 699 g/mol. The van der Waals surface area contributed by atoms with E-state index in [0.29, 0.717) is 32.7 Å². The smallest absolute Gasteiger partial charge is 0.264 e. The molecule has 4 rings (SSSR count). The molecule has 0 saturated carbocycles. The largest absolute Gasteiger partial charge is 0.354 e. The molecule has 242 valence electrons. The van der Waals surface area contributed by atoms with Crippen LogP contribution in [0.2, 0.25) is 15.1 Å². The zero-order valence-electron chi connectivity index (χ0n) is 25.8. The van der Waals surface area contributed by atoms with E-state index < -0.39 is 28.5 Å². The van der Waals surface area contributed by atoms with Gasteiger partial charge in [-0.2, -0.15) is 0 Å². The Hall–Kier alpha value is -3.56. The van der Waals surface area contributed by atoms with Gasteiger partial charge in [-0.1, -0.05) is 109 Å².